The van der Waals surface area contributed by atoms with Crippen molar-refractivity contribution in [3.05, 3.63) is 69.5 Å². The Balaban J connectivity index is 2.25. The average molecular weight is 327 g/mol. The molecular formula is C16H17Cl2FN2. The summed E-state index contributed by atoms with van der Waals surface area (Å²) < 4.78 is 14.2. The van der Waals surface area contributed by atoms with Gasteiger partial charge in [0, 0.05) is 29.7 Å². The summed E-state index contributed by atoms with van der Waals surface area (Å²) in [4.78, 5) is 1.97. The molecule has 1 unspecified atom stereocenters. The monoisotopic (exact) mass is 326 g/mol. The molecule has 1 atom stereocenters. The number of benzene rings is 2. The zero-order valence-electron chi connectivity index (χ0n) is 11.7. The van der Waals surface area contributed by atoms with E-state index in [0.29, 0.717) is 17.1 Å². The van der Waals surface area contributed by atoms with Gasteiger partial charge in [-0.05, 0) is 24.7 Å². The maximum Gasteiger partial charge on any atom is 0.146 e. The summed E-state index contributed by atoms with van der Waals surface area (Å²) in [7, 11) is 1.89. The highest BCUT2D eigenvalue weighted by Crippen LogP contribution is 2.28. The van der Waals surface area contributed by atoms with Crippen molar-refractivity contribution >= 4 is 23.2 Å². The van der Waals surface area contributed by atoms with Gasteiger partial charge in [0.15, 0.2) is 0 Å². The summed E-state index contributed by atoms with van der Waals surface area (Å²) >= 11 is 12.0. The van der Waals surface area contributed by atoms with Crippen LogP contribution in [0.25, 0.3) is 0 Å². The number of rotatable bonds is 5. The fourth-order valence-corrected chi connectivity index (χ4v) is 2.71. The van der Waals surface area contributed by atoms with Gasteiger partial charge >= 0.3 is 0 Å². The van der Waals surface area contributed by atoms with Crippen LogP contribution in [-0.2, 0) is 6.54 Å². The van der Waals surface area contributed by atoms with Gasteiger partial charge in [0.1, 0.15) is 5.82 Å². The number of nitrogens with two attached hydrogens (primary N) is 1. The number of likely N-dealkylation sites (N-methyl/N-ethyl adjacent to an activating group) is 1. The molecule has 0 amide bonds. The molecule has 2 nitrogen and oxygen atoms in total. The summed E-state index contributed by atoms with van der Waals surface area (Å²) in [6.07, 6.45) is 0. The molecule has 2 N–H and O–H groups in total. The van der Waals surface area contributed by atoms with E-state index in [9.17, 15) is 4.39 Å². The van der Waals surface area contributed by atoms with Gasteiger partial charge in [-0.25, -0.2) is 4.39 Å². The molecule has 0 aliphatic heterocycles. The lowest BCUT2D eigenvalue weighted by Crippen LogP contribution is -2.31. The molecule has 0 fully saturated rings. The highest BCUT2D eigenvalue weighted by atomic mass is 35.5. The third kappa shape index (κ3) is 3.74. The molecule has 0 aliphatic carbocycles. The second-order valence-electron chi connectivity index (χ2n) is 4.90. The molecule has 0 aromatic heterocycles. The van der Waals surface area contributed by atoms with Crippen molar-refractivity contribution < 1.29 is 4.39 Å². The number of hydrogen-bond donors (Lipinski definition) is 1. The van der Waals surface area contributed by atoms with Crippen molar-refractivity contribution in [1.29, 1.82) is 0 Å². The van der Waals surface area contributed by atoms with Crippen LogP contribution in [0.1, 0.15) is 17.2 Å². The van der Waals surface area contributed by atoms with Gasteiger partial charge in [0.05, 0.1) is 5.02 Å². The summed E-state index contributed by atoms with van der Waals surface area (Å²) in [6.45, 7) is 0.867. The van der Waals surface area contributed by atoms with Gasteiger partial charge < -0.3 is 5.73 Å². The zero-order chi connectivity index (χ0) is 15.4. The van der Waals surface area contributed by atoms with E-state index in [-0.39, 0.29) is 17.6 Å². The second kappa shape index (κ2) is 7.23. The first kappa shape index (κ1) is 16.2. The van der Waals surface area contributed by atoms with Gasteiger partial charge in [0.25, 0.3) is 0 Å². The fourth-order valence-electron chi connectivity index (χ4n) is 2.33. The summed E-state index contributed by atoms with van der Waals surface area (Å²) in [5.41, 5.74) is 7.31. The first-order valence-electron chi connectivity index (χ1n) is 6.62. The van der Waals surface area contributed by atoms with Gasteiger partial charge in [0.2, 0.25) is 0 Å². The van der Waals surface area contributed by atoms with Crippen LogP contribution in [0.15, 0.2) is 42.5 Å². The van der Waals surface area contributed by atoms with Gasteiger partial charge in [-0.15, -0.1) is 0 Å². The normalized spacial score (nSPS) is 12.7. The molecule has 2 aromatic rings. The van der Waals surface area contributed by atoms with Gasteiger partial charge in [-0.2, -0.15) is 0 Å². The molecule has 0 radical (unpaired) electrons. The number of hydrogen-bond acceptors (Lipinski definition) is 2. The molecule has 0 saturated carbocycles. The predicted octanol–water partition coefficient (Wildman–Crippen LogP) is 4.26. The summed E-state index contributed by atoms with van der Waals surface area (Å²) in [6, 6.07) is 12.3. The lowest BCUT2D eigenvalue weighted by atomic mass is 10.0. The molecule has 112 valence electrons. The third-order valence-electron chi connectivity index (χ3n) is 3.47. The van der Waals surface area contributed by atoms with Crippen LogP contribution in [0.4, 0.5) is 4.39 Å². The van der Waals surface area contributed by atoms with Gasteiger partial charge in [-0.3, -0.25) is 4.90 Å². The molecule has 5 heteroatoms. The standard InChI is InChI=1S/C16H17Cl2FN2/c1-21(10-11-5-2-3-7-13(11)17)15(9-20)12-6-4-8-14(18)16(12)19/h2-8,15H,9-10,20H2,1H3. The van der Waals surface area contributed by atoms with Crippen LogP contribution in [-0.4, -0.2) is 18.5 Å². The highest BCUT2D eigenvalue weighted by Gasteiger charge is 2.21. The van der Waals surface area contributed by atoms with Gasteiger partial charge in [-0.1, -0.05) is 53.5 Å². The minimum absolute atomic E-state index is 0.108. The minimum Gasteiger partial charge on any atom is -0.329 e. The Morgan fingerprint density at radius 1 is 1.10 bits per heavy atom. The Morgan fingerprint density at radius 2 is 1.76 bits per heavy atom. The molecule has 0 aliphatic rings. The molecule has 0 bridgehead atoms. The topological polar surface area (TPSA) is 29.3 Å². The van der Waals surface area contributed by atoms with Crippen molar-refractivity contribution in [2.45, 2.75) is 12.6 Å². The van der Waals surface area contributed by atoms with Crippen molar-refractivity contribution in [3.63, 3.8) is 0 Å². The van der Waals surface area contributed by atoms with Crippen molar-refractivity contribution in [2.24, 2.45) is 5.73 Å². The predicted molar refractivity (Wildman–Crippen MR) is 86.1 cm³/mol. The first-order chi connectivity index (χ1) is 10.0. The van der Waals surface area contributed by atoms with Crippen molar-refractivity contribution in [1.82, 2.24) is 4.90 Å². The van der Waals surface area contributed by atoms with Crippen molar-refractivity contribution in [2.75, 3.05) is 13.6 Å². The first-order valence-corrected chi connectivity index (χ1v) is 7.37. The van der Waals surface area contributed by atoms with Crippen LogP contribution in [0.2, 0.25) is 10.0 Å². The molecule has 0 saturated heterocycles. The van der Waals surface area contributed by atoms with Crippen LogP contribution in [0.3, 0.4) is 0 Å². The van der Waals surface area contributed by atoms with Crippen LogP contribution in [0, 0.1) is 5.82 Å². The minimum atomic E-state index is -0.416. The maximum atomic E-state index is 14.2. The van der Waals surface area contributed by atoms with Crippen LogP contribution in [0.5, 0.6) is 0 Å². The lowest BCUT2D eigenvalue weighted by molar-refractivity contribution is 0.237. The average Bonchev–Trinajstić information content (AvgIpc) is 2.47. The largest absolute Gasteiger partial charge is 0.329 e. The highest BCUT2D eigenvalue weighted by molar-refractivity contribution is 6.31. The van der Waals surface area contributed by atoms with E-state index < -0.39 is 5.82 Å². The Bertz CT molecular complexity index is 619. The van der Waals surface area contributed by atoms with Crippen LogP contribution >= 0.6 is 23.2 Å². The van der Waals surface area contributed by atoms with E-state index in [1.807, 2.05) is 36.2 Å². The molecule has 2 aromatic carbocycles. The van der Waals surface area contributed by atoms with E-state index in [1.54, 1.807) is 12.1 Å². The van der Waals surface area contributed by atoms with Crippen molar-refractivity contribution in [3.8, 4) is 0 Å². The molecule has 2 rings (SSSR count). The maximum absolute atomic E-state index is 14.2. The lowest BCUT2D eigenvalue weighted by Gasteiger charge is -2.28. The van der Waals surface area contributed by atoms with Crippen LogP contribution < -0.4 is 5.73 Å². The summed E-state index contributed by atoms with van der Waals surface area (Å²) in [5.74, 6) is -0.416. The Hall–Kier alpha value is -1.13. The number of nitrogens with zero attached hydrogens (tertiary/aromatic N) is 1. The zero-order valence-corrected chi connectivity index (χ0v) is 13.2. The van der Waals surface area contributed by atoms with E-state index in [2.05, 4.69) is 0 Å². The Kier molecular flexibility index (Phi) is 5.59. The molecule has 0 spiro atoms. The molecule has 0 heterocycles. The fraction of sp³-hybridized carbons (Fsp3) is 0.250. The van der Waals surface area contributed by atoms with E-state index in [1.165, 1.54) is 6.07 Å². The smallest absolute Gasteiger partial charge is 0.146 e. The van der Waals surface area contributed by atoms with E-state index >= 15 is 0 Å². The molecule has 21 heavy (non-hydrogen) atoms. The second-order valence-corrected chi connectivity index (χ2v) is 5.72. The Morgan fingerprint density at radius 3 is 2.43 bits per heavy atom. The SMILES string of the molecule is CN(Cc1ccccc1Cl)C(CN)c1cccc(Cl)c1F. The third-order valence-corrected chi connectivity index (χ3v) is 4.13. The van der Waals surface area contributed by atoms with E-state index in [4.69, 9.17) is 28.9 Å². The molecular weight excluding hydrogens is 310 g/mol. The number of halogens is 3. The summed E-state index contributed by atoms with van der Waals surface area (Å²) in [5, 5.41) is 0.795. The quantitative estimate of drug-likeness (QED) is 0.889. The Labute approximate surface area is 134 Å². The van der Waals surface area contributed by atoms with E-state index in [0.717, 1.165) is 5.56 Å².